The number of carbonyl (C=O) groups excluding carboxylic acids is 2. The number of aromatic nitrogens is 2. The lowest BCUT2D eigenvalue weighted by molar-refractivity contribution is -0.138. The summed E-state index contributed by atoms with van der Waals surface area (Å²) >= 11 is 0. The van der Waals surface area contributed by atoms with Gasteiger partial charge in [-0.2, -0.15) is 4.98 Å². The maximum Gasteiger partial charge on any atom is 0.237 e. The summed E-state index contributed by atoms with van der Waals surface area (Å²) in [5, 5.41) is 6.62. The van der Waals surface area contributed by atoms with E-state index in [1.165, 1.54) is 17.5 Å². The molecule has 0 bridgehead atoms. The van der Waals surface area contributed by atoms with Gasteiger partial charge in [-0.15, -0.1) is 0 Å². The molecule has 2 aromatic rings. The summed E-state index contributed by atoms with van der Waals surface area (Å²) in [5.41, 5.74) is 2.36. The third-order valence-corrected chi connectivity index (χ3v) is 4.95. The van der Waals surface area contributed by atoms with Crippen LogP contribution in [0.25, 0.3) is 0 Å². The van der Waals surface area contributed by atoms with Crippen LogP contribution >= 0.6 is 0 Å². The van der Waals surface area contributed by atoms with Gasteiger partial charge in [0.2, 0.25) is 18.2 Å². The molecular formula is C19H25N5O3. The van der Waals surface area contributed by atoms with E-state index >= 15 is 0 Å². The Morgan fingerprint density at radius 2 is 2.22 bits per heavy atom. The van der Waals surface area contributed by atoms with Crippen molar-refractivity contribution in [2.45, 2.75) is 32.4 Å². The minimum Gasteiger partial charge on any atom is -0.353 e. The van der Waals surface area contributed by atoms with Gasteiger partial charge in [0.1, 0.15) is 0 Å². The largest absolute Gasteiger partial charge is 0.353 e. The van der Waals surface area contributed by atoms with Crippen LogP contribution in [0.5, 0.6) is 0 Å². The Kier molecular flexibility index (Phi) is 6.18. The molecule has 1 unspecified atom stereocenters. The Balaban J connectivity index is 1.61. The quantitative estimate of drug-likeness (QED) is 0.773. The van der Waals surface area contributed by atoms with Crippen LogP contribution in [0.1, 0.15) is 23.4 Å². The molecule has 1 fully saturated rings. The predicted octanol–water partition coefficient (Wildman–Crippen LogP) is 0.770. The topological polar surface area (TPSA) is 91.6 Å². The first-order valence-electron chi connectivity index (χ1n) is 9.10. The van der Waals surface area contributed by atoms with E-state index in [0.29, 0.717) is 31.9 Å². The van der Waals surface area contributed by atoms with Gasteiger partial charge in [0.15, 0.2) is 5.82 Å². The Labute approximate surface area is 158 Å². The van der Waals surface area contributed by atoms with Crippen LogP contribution in [0.2, 0.25) is 0 Å². The molecule has 0 spiro atoms. The van der Waals surface area contributed by atoms with E-state index in [4.69, 9.17) is 4.52 Å². The molecule has 8 nitrogen and oxygen atoms in total. The number of amides is 2. The summed E-state index contributed by atoms with van der Waals surface area (Å²) in [6, 6.07) is 7.67. The molecule has 1 aromatic heterocycles. The summed E-state index contributed by atoms with van der Waals surface area (Å²) in [5.74, 6) is 0.399. The molecule has 1 saturated heterocycles. The highest BCUT2D eigenvalue weighted by molar-refractivity contribution is 5.88. The highest BCUT2D eigenvalue weighted by atomic mass is 16.5. The van der Waals surface area contributed by atoms with Crippen LogP contribution in [0.4, 0.5) is 0 Å². The Bertz CT molecular complexity index is 777. The van der Waals surface area contributed by atoms with Gasteiger partial charge in [0.05, 0.1) is 12.5 Å². The summed E-state index contributed by atoms with van der Waals surface area (Å²) in [6.07, 6.45) is 1.94. The van der Waals surface area contributed by atoms with Crippen LogP contribution in [0.3, 0.4) is 0 Å². The molecule has 2 heterocycles. The smallest absolute Gasteiger partial charge is 0.237 e. The number of likely N-dealkylation sites (N-methyl/N-ethyl adjacent to an activating group) is 1. The van der Waals surface area contributed by atoms with E-state index in [1.807, 2.05) is 12.1 Å². The van der Waals surface area contributed by atoms with E-state index in [-0.39, 0.29) is 18.2 Å². The number of rotatable bonds is 7. The lowest BCUT2D eigenvalue weighted by Gasteiger charge is -2.35. The average Bonchev–Trinajstić information content (AvgIpc) is 3.18. The van der Waals surface area contributed by atoms with Gasteiger partial charge in [-0.1, -0.05) is 29.4 Å². The van der Waals surface area contributed by atoms with Crippen molar-refractivity contribution in [1.29, 1.82) is 0 Å². The molecule has 1 atom stereocenters. The summed E-state index contributed by atoms with van der Waals surface area (Å²) in [4.78, 5) is 32.7. The minimum absolute atomic E-state index is 0.0738. The van der Waals surface area contributed by atoms with Crippen molar-refractivity contribution < 1.29 is 14.1 Å². The predicted molar refractivity (Wildman–Crippen MR) is 98.6 cm³/mol. The summed E-state index contributed by atoms with van der Waals surface area (Å²) < 4.78 is 4.70. The fourth-order valence-electron chi connectivity index (χ4n) is 3.20. The van der Waals surface area contributed by atoms with Gasteiger partial charge in [-0.25, -0.2) is 0 Å². The molecule has 0 aliphatic carbocycles. The van der Waals surface area contributed by atoms with E-state index < -0.39 is 6.04 Å². The highest BCUT2D eigenvalue weighted by Gasteiger charge is 2.32. The molecule has 3 rings (SSSR count). The molecule has 144 valence electrons. The lowest BCUT2D eigenvalue weighted by Crippen LogP contribution is -2.56. The number of carbonyl (C=O) groups is 2. The molecule has 27 heavy (non-hydrogen) atoms. The third kappa shape index (κ3) is 4.91. The Morgan fingerprint density at radius 1 is 1.41 bits per heavy atom. The number of nitrogens with zero attached hydrogens (tertiary/aromatic N) is 4. The second-order valence-electron chi connectivity index (χ2n) is 6.82. The van der Waals surface area contributed by atoms with Crippen molar-refractivity contribution in [3.05, 3.63) is 47.6 Å². The standard InChI is InChI=1S/C19H25N5O3/c1-14-5-3-4-6-15(14)12-24-10-8-20-19(26)16(24)11-18(25)23(2)9-7-17-21-13-27-22-17/h3-6,13,16H,7-12H2,1-2H3,(H,20,26). The molecule has 1 aliphatic rings. The average molecular weight is 371 g/mol. The number of nitrogens with one attached hydrogen (secondary N) is 1. The van der Waals surface area contributed by atoms with Crippen molar-refractivity contribution >= 4 is 11.8 Å². The van der Waals surface area contributed by atoms with Crippen LogP contribution in [0.15, 0.2) is 35.2 Å². The molecule has 0 saturated carbocycles. The van der Waals surface area contributed by atoms with Crippen molar-refractivity contribution in [2.75, 3.05) is 26.7 Å². The normalized spacial score (nSPS) is 17.6. The van der Waals surface area contributed by atoms with Gasteiger partial charge in [0, 0.05) is 39.6 Å². The minimum atomic E-state index is -0.460. The number of hydrogen-bond donors (Lipinski definition) is 1. The first-order chi connectivity index (χ1) is 13.0. The van der Waals surface area contributed by atoms with Gasteiger partial charge in [-0.3, -0.25) is 14.5 Å². The molecule has 1 aliphatic heterocycles. The fourth-order valence-corrected chi connectivity index (χ4v) is 3.20. The monoisotopic (exact) mass is 371 g/mol. The van der Waals surface area contributed by atoms with Gasteiger partial charge in [0.25, 0.3) is 0 Å². The fraction of sp³-hybridized carbons (Fsp3) is 0.474. The van der Waals surface area contributed by atoms with E-state index in [2.05, 4.69) is 39.4 Å². The zero-order valence-corrected chi connectivity index (χ0v) is 15.7. The molecule has 8 heteroatoms. The van der Waals surface area contributed by atoms with Crippen molar-refractivity contribution in [1.82, 2.24) is 25.3 Å². The second-order valence-corrected chi connectivity index (χ2v) is 6.82. The van der Waals surface area contributed by atoms with Gasteiger partial charge >= 0.3 is 0 Å². The molecule has 0 radical (unpaired) electrons. The zero-order valence-electron chi connectivity index (χ0n) is 15.7. The number of piperazine rings is 1. The molecular weight excluding hydrogens is 346 g/mol. The Morgan fingerprint density at radius 3 is 2.96 bits per heavy atom. The first kappa shape index (κ1) is 19.0. The van der Waals surface area contributed by atoms with Crippen molar-refractivity contribution in [2.24, 2.45) is 0 Å². The van der Waals surface area contributed by atoms with Gasteiger partial charge < -0.3 is 14.7 Å². The molecule has 1 aromatic carbocycles. The summed E-state index contributed by atoms with van der Waals surface area (Å²) in [6.45, 7) is 4.52. The maximum absolute atomic E-state index is 12.6. The van der Waals surface area contributed by atoms with Gasteiger partial charge in [-0.05, 0) is 18.1 Å². The van der Waals surface area contributed by atoms with E-state index in [0.717, 1.165) is 6.54 Å². The van der Waals surface area contributed by atoms with E-state index in [1.54, 1.807) is 11.9 Å². The summed E-state index contributed by atoms with van der Waals surface area (Å²) in [7, 11) is 1.73. The van der Waals surface area contributed by atoms with Crippen LogP contribution < -0.4 is 5.32 Å². The SMILES string of the molecule is Cc1ccccc1CN1CCNC(=O)C1CC(=O)N(C)CCc1ncon1. The third-order valence-electron chi connectivity index (χ3n) is 4.95. The number of benzene rings is 1. The van der Waals surface area contributed by atoms with Crippen LogP contribution in [-0.4, -0.2) is 64.5 Å². The second kappa shape index (κ2) is 8.77. The first-order valence-corrected chi connectivity index (χ1v) is 9.10. The van der Waals surface area contributed by atoms with Crippen LogP contribution in [-0.2, 0) is 22.6 Å². The molecule has 2 amide bonds. The Hall–Kier alpha value is -2.74. The van der Waals surface area contributed by atoms with Crippen molar-refractivity contribution in [3.8, 4) is 0 Å². The van der Waals surface area contributed by atoms with Crippen molar-refractivity contribution in [3.63, 3.8) is 0 Å². The maximum atomic E-state index is 12.6. The lowest BCUT2D eigenvalue weighted by atomic mass is 10.0. The van der Waals surface area contributed by atoms with E-state index in [9.17, 15) is 9.59 Å². The zero-order chi connectivity index (χ0) is 19.2. The molecule has 1 N–H and O–H groups in total. The highest BCUT2D eigenvalue weighted by Crippen LogP contribution is 2.17. The van der Waals surface area contributed by atoms with Crippen LogP contribution in [0, 0.1) is 6.92 Å². The number of hydrogen-bond acceptors (Lipinski definition) is 6. The number of aryl methyl sites for hydroxylation is 1.